The van der Waals surface area contributed by atoms with Gasteiger partial charge in [-0.3, -0.25) is 9.36 Å². The van der Waals surface area contributed by atoms with Crippen LogP contribution in [0.25, 0.3) is 0 Å². The van der Waals surface area contributed by atoms with Gasteiger partial charge in [-0.2, -0.15) is 13.2 Å². The quantitative estimate of drug-likeness (QED) is 0.811. The van der Waals surface area contributed by atoms with Crippen LogP contribution in [0, 0.1) is 5.38 Å². The van der Waals surface area contributed by atoms with Crippen LogP contribution in [0.15, 0.2) is 35.1 Å². The fourth-order valence-electron chi connectivity index (χ4n) is 1.41. The molecule has 17 heavy (non-hydrogen) atoms. The molecule has 0 aliphatic heterocycles. The molecular formula is C11H7F3NOS. The molecule has 89 valence electrons. The number of rotatable bonds is 2. The van der Waals surface area contributed by atoms with E-state index in [9.17, 15) is 18.0 Å². The number of alkyl halides is 3. The summed E-state index contributed by atoms with van der Waals surface area (Å²) in [5.74, 6) is 0. The monoisotopic (exact) mass is 258 g/mol. The highest BCUT2D eigenvalue weighted by Gasteiger charge is 2.35. The number of halogens is 3. The van der Waals surface area contributed by atoms with E-state index in [1.807, 2.05) is 5.38 Å². The van der Waals surface area contributed by atoms with Gasteiger partial charge in [-0.05, 0) is 5.56 Å². The summed E-state index contributed by atoms with van der Waals surface area (Å²) >= 11 is 0.440. The molecule has 0 spiro atoms. The Labute approximate surface area is 98.9 Å². The summed E-state index contributed by atoms with van der Waals surface area (Å²) in [4.78, 5) is 10.7. The Morgan fingerprint density at radius 2 is 1.88 bits per heavy atom. The van der Waals surface area contributed by atoms with E-state index in [1.165, 1.54) is 0 Å². The molecule has 0 saturated carbocycles. The summed E-state index contributed by atoms with van der Waals surface area (Å²) in [5, 5.41) is 2.00. The lowest BCUT2D eigenvalue weighted by molar-refractivity contribution is -0.143. The maximum atomic E-state index is 12.6. The predicted molar refractivity (Wildman–Crippen MR) is 58.0 cm³/mol. The van der Waals surface area contributed by atoms with Crippen molar-refractivity contribution in [2.45, 2.75) is 12.7 Å². The lowest BCUT2D eigenvalue weighted by atomic mass is 10.2. The van der Waals surface area contributed by atoms with Crippen LogP contribution >= 0.6 is 11.3 Å². The zero-order chi connectivity index (χ0) is 12.5. The zero-order valence-electron chi connectivity index (χ0n) is 8.49. The van der Waals surface area contributed by atoms with Crippen molar-refractivity contribution in [3.63, 3.8) is 0 Å². The van der Waals surface area contributed by atoms with Crippen LogP contribution in [0.5, 0.6) is 0 Å². The second-order valence-corrected chi connectivity index (χ2v) is 4.15. The Balaban J connectivity index is 2.40. The van der Waals surface area contributed by atoms with Gasteiger partial charge in [-0.25, -0.2) is 0 Å². The van der Waals surface area contributed by atoms with Crippen molar-refractivity contribution in [2.24, 2.45) is 0 Å². The molecule has 1 aromatic carbocycles. The van der Waals surface area contributed by atoms with Gasteiger partial charge in [0, 0.05) is 0 Å². The van der Waals surface area contributed by atoms with Crippen LogP contribution in [0.2, 0.25) is 0 Å². The molecule has 2 aromatic rings. The van der Waals surface area contributed by atoms with Crippen molar-refractivity contribution in [2.75, 3.05) is 0 Å². The Bertz CT molecular complexity index is 556. The van der Waals surface area contributed by atoms with Crippen LogP contribution in [0.3, 0.4) is 0 Å². The summed E-state index contributed by atoms with van der Waals surface area (Å²) in [6, 6.07) is 8.53. The SMILES string of the molecule is O=c1s[c]c(C(F)(F)F)n1Cc1ccccc1. The van der Waals surface area contributed by atoms with Crippen molar-refractivity contribution < 1.29 is 13.2 Å². The van der Waals surface area contributed by atoms with Crippen molar-refractivity contribution in [3.05, 3.63) is 56.6 Å². The van der Waals surface area contributed by atoms with E-state index >= 15 is 0 Å². The van der Waals surface area contributed by atoms with Crippen LogP contribution in [0.1, 0.15) is 11.3 Å². The van der Waals surface area contributed by atoms with Gasteiger partial charge in [0.15, 0.2) is 0 Å². The van der Waals surface area contributed by atoms with Gasteiger partial charge < -0.3 is 0 Å². The smallest absolute Gasteiger partial charge is 0.290 e. The third-order valence-corrected chi connectivity index (χ3v) is 2.87. The highest BCUT2D eigenvalue weighted by Crippen LogP contribution is 2.29. The van der Waals surface area contributed by atoms with Crippen molar-refractivity contribution >= 4 is 11.3 Å². The summed E-state index contributed by atoms with van der Waals surface area (Å²) in [6.45, 7) is -0.0888. The highest BCUT2D eigenvalue weighted by molar-refractivity contribution is 7.06. The average molecular weight is 258 g/mol. The minimum Gasteiger partial charge on any atom is -0.290 e. The first kappa shape index (κ1) is 11.9. The summed E-state index contributed by atoms with van der Waals surface area (Å²) in [5.41, 5.74) is -0.372. The minimum atomic E-state index is -4.55. The van der Waals surface area contributed by atoms with E-state index in [4.69, 9.17) is 0 Å². The summed E-state index contributed by atoms with van der Waals surface area (Å²) in [7, 11) is 0. The number of nitrogens with zero attached hydrogens (tertiary/aromatic N) is 1. The first-order valence-electron chi connectivity index (χ1n) is 4.71. The van der Waals surface area contributed by atoms with Gasteiger partial charge in [-0.1, -0.05) is 41.7 Å². The lowest BCUT2D eigenvalue weighted by Crippen LogP contribution is -2.22. The Morgan fingerprint density at radius 3 is 2.47 bits per heavy atom. The van der Waals surface area contributed by atoms with E-state index in [1.54, 1.807) is 30.3 Å². The molecule has 0 saturated heterocycles. The second kappa shape index (κ2) is 4.37. The molecule has 0 atom stereocenters. The Hall–Kier alpha value is -1.56. The van der Waals surface area contributed by atoms with Gasteiger partial charge in [0.05, 0.1) is 11.9 Å². The molecule has 0 N–H and O–H groups in total. The normalized spacial score (nSPS) is 11.7. The molecule has 0 bridgehead atoms. The fourth-order valence-corrected chi connectivity index (χ4v) is 2.09. The highest BCUT2D eigenvalue weighted by atomic mass is 32.1. The summed E-state index contributed by atoms with van der Waals surface area (Å²) in [6.07, 6.45) is -4.55. The molecule has 2 nitrogen and oxygen atoms in total. The molecule has 0 unspecified atom stereocenters. The summed E-state index contributed by atoms with van der Waals surface area (Å²) < 4.78 is 38.4. The van der Waals surface area contributed by atoms with E-state index < -0.39 is 16.7 Å². The van der Waals surface area contributed by atoms with Gasteiger partial charge in [-0.15, -0.1) is 0 Å². The molecule has 0 aliphatic rings. The second-order valence-electron chi connectivity index (χ2n) is 3.39. The molecule has 0 fully saturated rings. The van der Waals surface area contributed by atoms with Crippen LogP contribution in [-0.2, 0) is 12.7 Å². The Kier molecular flexibility index (Phi) is 3.06. The van der Waals surface area contributed by atoms with Crippen molar-refractivity contribution in [1.82, 2.24) is 4.57 Å². The maximum Gasteiger partial charge on any atom is 0.433 e. The van der Waals surface area contributed by atoms with Gasteiger partial charge in [0.2, 0.25) is 0 Å². The van der Waals surface area contributed by atoms with Crippen LogP contribution < -0.4 is 4.87 Å². The predicted octanol–water partition coefficient (Wildman–Crippen LogP) is 2.78. The van der Waals surface area contributed by atoms with Crippen molar-refractivity contribution in [3.8, 4) is 0 Å². The molecule has 1 heterocycles. The van der Waals surface area contributed by atoms with Crippen molar-refractivity contribution in [1.29, 1.82) is 0 Å². The first-order valence-corrected chi connectivity index (χ1v) is 5.52. The molecule has 0 aliphatic carbocycles. The van der Waals surface area contributed by atoms with E-state index in [2.05, 4.69) is 0 Å². The molecule has 6 heteroatoms. The molecule has 1 radical (unpaired) electrons. The van der Waals surface area contributed by atoms with Crippen LogP contribution in [-0.4, -0.2) is 4.57 Å². The third-order valence-electron chi connectivity index (χ3n) is 2.18. The van der Waals surface area contributed by atoms with Gasteiger partial charge in [0.1, 0.15) is 5.69 Å². The number of benzene rings is 1. The molecular weight excluding hydrogens is 251 g/mol. The minimum absolute atomic E-state index is 0.0888. The first-order chi connectivity index (χ1) is 7.98. The fraction of sp³-hybridized carbons (Fsp3) is 0.182. The largest absolute Gasteiger partial charge is 0.433 e. The molecule has 2 rings (SSSR count). The number of aromatic nitrogens is 1. The third kappa shape index (κ3) is 2.58. The number of hydrogen-bond acceptors (Lipinski definition) is 2. The van der Waals surface area contributed by atoms with Gasteiger partial charge >= 0.3 is 11.0 Å². The Morgan fingerprint density at radius 1 is 1.24 bits per heavy atom. The lowest BCUT2D eigenvalue weighted by Gasteiger charge is -2.09. The van der Waals surface area contributed by atoms with E-state index in [-0.39, 0.29) is 6.54 Å². The maximum absolute atomic E-state index is 12.6. The van der Waals surface area contributed by atoms with E-state index in [0.29, 0.717) is 21.5 Å². The van der Waals surface area contributed by atoms with Crippen LogP contribution in [0.4, 0.5) is 13.2 Å². The molecule has 0 amide bonds. The van der Waals surface area contributed by atoms with Gasteiger partial charge in [0.25, 0.3) is 0 Å². The number of hydrogen-bond donors (Lipinski definition) is 0. The topological polar surface area (TPSA) is 22.0 Å². The average Bonchev–Trinajstić information content (AvgIpc) is 2.62. The molecule has 1 aromatic heterocycles. The number of thiazole rings is 1. The zero-order valence-corrected chi connectivity index (χ0v) is 9.31. The van der Waals surface area contributed by atoms with E-state index in [0.717, 1.165) is 0 Å². The standard InChI is InChI=1S/C11H7F3NOS/c12-11(13,14)9-7-17-10(16)15(9)6-8-4-2-1-3-5-8/h1-5H,6H2.